The summed E-state index contributed by atoms with van der Waals surface area (Å²) in [5.74, 6) is -0.0399. The number of hydrogen-bond donors (Lipinski definition) is 1. The van der Waals surface area contributed by atoms with E-state index >= 15 is 0 Å². The molecule has 1 atom stereocenters. The van der Waals surface area contributed by atoms with Crippen LogP contribution in [0.1, 0.15) is 41.5 Å². The number of nitrogens with two attached hydrogens (primary N) is 1. The topological polar surface area (TPSA) is 64.2 Å². The van der Waals surface area contributed by atoms with E-state index in [0.29, 0.717) is 12.2 Å². The molecular weight excluding hydrogens is 368 g/mol. The van der Waals surface area contributed by atoms with Crippen molar-refractivity contribution >= 4 is 21.8 Å². The molecule has 0 radical (unpaired) electrons. The maximum atomic E-state index is 12.9. The van der Waals surface area contributed by atoms with Crippen LogP contribution in [0.15, 0.2) is 28.7 Å². The van der Waals surface area contributed by atoms with Gasteiger partial charge < -0.3 is 10.6 Å². The van der Waals surface area contributed by atoms with E-state index in [2.05, 4.69) is 15.9 Å². The van der Waals surface area contributed by atoms with E-state index in [-0.39, 0.29) is 11.9 Å². The molecule has 1 aliphatic rings. The molecule has 2 N–H and O–H groups in total. The van der Waals surface area contributed by atoms with Crippen LogP contribution in [-0.2, 0) is 12.8 Å². The van der Waals surface area contributed by atoms with Gasteiger partial charge in [0.1, 0.15) is 0 Å². The number of aromatic nitrogens is 2. The molecule has 1 aromatic carbocycles. The summed E-state index contributed by atoms with van der Waals surface area (Å²) in [6.45, 7) is 2.40. The van der Waals surface area contributed by atoms with E-state index in [9.17, 15) is 4.79 Å². The first-order valence-electron chi connectivity index (χ1n) is 8.37. The number of nitrogens with zero attached hydrogens (tertiary/aromatic N) is 3. The molecule has 3 rings (SSSR count). The van der Waals surface area contributed by atoms with Crippen molar-refractivity contribution < 1.29 is 4.79 Å². The smallest absolute Gasteiger partial charge is 0.274 e. The second-order valence-corrected chi connectivity index (χ2v) is 7.29. The molecule has 128 valence electrons. The predicted molar refractivity (Wildman–Crippen MR) is 98.5 cm³/mol. The minimum Gasteiger partial charge on any atom is -0.336 e. The lowest BCUT2D eigenvalue weighted by molar-refractivity contribution is 0.0741. The van der Waals surface area contributed by atoms with Crippen molar-refractivity contribution in [2.75, 3.05) is 13.6 Å². The highest BCUT2D eigenvalue weighted by atomic mass is 79.9. The summed E-state index contributed by atoms with van der Waals surface area (Å²) in [5, 5.41) is 4.70. The Kier molecular flexibility index (Phi) is 5.06. The minimum absolute atomic E-state index is 0.00503. The molecule has 6 heteroatoms. The third-order valence-corrected chi connectivity index (χ3v) is 5.31. The van der Waals surface area contributed by atoms with Gasteiger partial charge in [-0.15, -0.1) is 0 Å². The monoisotopic (exact) mass is 390 g/mol. The highest BCUT2D eigenvalue weighted by molar-refractivity contribution is 9.10. The van der Waals surface area contributed by atoms with Crippen LogP contribution in [0, 0.1) is 0 Å². The van der Waals surface area contributed by atoms with Crippen molar-refractivity contribution in [3.05, 3.63) is 45.7 Å². The molecule has 1 aliphatic carbocycles. The van der Waals surface area contributed by atoms with Crippen LogP contribution in [0.5, 0.6) is 0 Å². The summed E-state index contributed by atoms with van der Waals surface area (Å²) in [6.07, 6.45) is 4.12. The van der Waals surface area contributed by atoms with Gasteiger partial charge in [-0.2, -0.15) is 5.10 Å². The summed E-state index contributed by atoms with van der Waals surface area (Å²) < 4.78 is 2.97. The lowest BCUT2D eigenvalue weighted by atomic mass is 9.95. The molecule has 0 aliphatic heterocycles. The van der Waals surface area contributed by atoms with Gasteiger partial charge in [0.15, 0.2) is 5.69 Å². The van der Waals surface area contributed by atoms with Gasteiger partial charge in [0.2, 0.25) is 0 Å². The number of fused-ring (bicyclic) bond motifs is 1. The van der Waals surface area contributed by atoms with Gasteiger partial charge in [0.05, 0.1) is 5.69 Å². The van der Waals surface area contributed by atoms with E-state index in [1.54, 1.807) is 11.9 Å². The van der Waals surface area contributed by atoms with Crippen LogP contribution < -0.4 is 5.73 Å². The summed E-state index contributed by atoms with van der Waals surface area (Å²) in [7, 11) is 1.80. The molecule has 0 saturated heterocycles. The van der Waals surface area contributed by atoms with Gasteiger partial charge in [0, 0.05) is 35.4 Å². The van der Waals surface area contributed by atoms with Gasteiger partial charge in [0.25, 0.3) is 5.91 Å². The standard InChI is InChI=1S/C18H23BrN4O/c1-12(11-20)22(2)18(24)17-15-5-3-4-6-16(15)23(21-17)14-9-7-13(19)8-10-14/h7-10,12H,3-6,11,20H2,1-2H3. The Morgan fingerprint density at radius 1 is 1.33 bits per heavy atom. The average Bonchev–Trinajstić information content (AvgIpc) is 3.00. The van der Waals surface area contributed by atoms with Crippen molar-refractivity contribution in [2.24, 2.45) is 5.73 Å². The van der Waals surface area contributed by atoms with Crippen LogP contribution >= 0.6 is 15.9 Å². The third kappa shape index (κ3) is 3.13. The zero-order chi connectivity index (χ0) is 17.3. The van der Waals surface area contributed by atoms with Gasteiger partial charge in [-0.05, 0) is 56.9 Å². The van der Waals surface area contributed by atoms with Crippen LogP contribution in [0.3, 0.4) is 0 Å². The molecule has 0 spiro atoms. The number of likely N-dealkylation sites (N-methyl/N-ethyl adjacent to an activating group) is 1. The van der Waals surface area contributed by atoms with E-state index in [1.807, 2.05) is 35.9 Å². The van der Waals surface area contributed by atoms with E-state index < -0.39 is 0 Å². The molecule has 24 heavy (non-hydrogen) atoms. The highest BCUT2D eigenvalue weighted by Crippen LogP contribution is 2.28. The van der Waals surface area contributed by atoms with E-state index in [0.717, 1.165) is 41.4 Å². The SMILES string of the molecule is CC(CN)N(C)C(=O)c1nn(-c2ccc(Br)cc2)c2c1CCCC2. The van der Waals surface area contributed by atoms with Crippen molar-refractivity contribution in [2.45, 2.75) is 38.6 Å². The summed E-state index contributed by atoms with van der Waals surface area (Å²) in [6, 6.07) is 8.03. The molecule has 0 bridgehead atoms. The van der Waals surface area contributed by atoms with Gasteiger partial charge >= 0.3 is 0 Å². The fourth-order valence-corrected chi connectivity index (χ4v) is 3.36. The first kappa shape index (κ1) is 17.2. The van der Waals surface area contributed by atoms with Crippen LogP contribution in [0.2, 0.25) is 0 Å². The number of carbonyl (C=O) groups excluding carboxylic acids is 1. The fraction of sp³-hybridized carbons (Fsp3) is 0.444. The maximum Gasteiger partial charge on any atom is 0.274 e. The molecule has 1 amide bonds. The van der Waals surface area contributed by atoms with Gasteiger partial charge in [-0.3, -0.25) is 4.79 Å². The first-order chi connectivity index (χ1) is 11.5. The van der Waals surface area contributed by atoms with E-state index in [1.165, 1.54) is 5.69 Å². The molecule has 1 aromatic heterocycles. The molecule has 1 heterocycles. The van der Waals surface area contributed by atoms with Crippen LogP contribution in [0.4, 0.5) is 0 Å². The number of carbonyl (C=O) groups is 1. The Labute approximate surface area is 151 Å². The van der Waals surface area contributed by atoms with E-state index in [4.69, 9.17) is 10.8 Å². The fourth-order valence-electron chi connectivity index (χ4n) is 3.09. The quantitative estimate of drug-likeness (QED) is 0.872. The Morgan fingerprint density at radius 3 is 2.67 bits per heavy atom. The van der Waals surface area contributed by atoms with Crippen LogP contribution in [-0.4, -0.2) is 40.2 Å². The lowest BCUT2D eigenvalue weighted by Gasteiger charge is -2.23. The second kappa shape index (κ2) is 7.07. The third-order valence-electron chi connectivity index (χ3n) is 4.78. The van der Waals surface area contributed by atoms with Gasteiger partial charge in [-0.25, -0.2) is 4.68 Å². The maximum absolute atomic E-state index is 12.9. The molecular formula is C18H23BrN4O. The lowest BCUT2D eigenvalue weighted by Crippen LogP contribution is -2.40. The van der Waals surface area contributed by atoms with Crippen molar-refractivity contribution in [3.63, 3.8) is 0 Å². The minimum atomic E-state index is -0.0399. The highest BCUT2D eigenvalue weighted by Gasteiger charge is 2.28. The predicted octanol–water partition coefficient (Wildman–Crippen LogP) is 2.93. The Hall–Kier alpha value is -1.66. The molecule has 2 aromatic rings. The normalized spacial score (nSPS) is 15.0. The average molecular weight is 391 g/mol. The number of hydrogen-bond acceptors (Lipinski definition) is 3. The number of halogens is 1. The zero-order valence-corrected chi connectivity index (χ0v) is 15.7. The second-order valence-electron chi connectivity index (χ2n) is 6.37. The largest absolute Gasteiger partial charge is 0.336 e. The van der Waals surface area contributed by atoms with Crippen molar-refractivity contribution in [3.8, 4) is 5.69 Å². The summed E-state index contributed by atoms with van der Waals surface area (Å²) in [4.78, 5) is 14.6. The Morgan fingerprint density at radius 2 is 2.00 bits per heavy atom. The molecule has 1 unspecified atom stereocenters. The number of benzene rings is 1. The molecule has 5 nitrogen and oxygen atoms in total. The number of rotatable bonds is 4. The van der Waals surface area contributed by atoms with Gasteiger partial charge in [-0.1, -0.05) is 15.9 Å². The Bertz CT molecular complexity index is 738. The number of amides is 1. The summed E-state index contributed by atoms with van der Waals surface area (Å²) >= 11 is 3.46. The summed E-state index contributed by atoms with van der Waals surface area (Å²) in [5.41, 5.74) is 9.55. The first-order valence-corrected chi connectivity index (χ1v) is 9.16. The van der Waals surface area contributed by atoms with Crippen molar-refractivity contribution in [1.82, 2.24) is 14.7 Å². The van der Waals surface area contributed by atoms with Crippen molar-refractivity contribution in [1.29, 1.82) is 0 Å². The van der Waals surface area contributed by atoms with Crippen LogP contribution in [0.25, 0.3) is 5.69 Å². The Balaban J connectivity index is 2.05. The molecule has 0 fully saturated rings. The zero-order valence-electron chi connectivity index (χ0n) is 14.1. The molecule has 0 saturated carbocycles.